The first-order valence-electron chi connectivity index (χ1n) is 6.11. The molecule has 2 aromatic rings. The van der Waals surface area contributed by atoms with E-state index in [9.17, 15) is 5.11 Å². The molecule has 0 saturated carbocycles. The molecule has 1 unspecified atom stereocenters. The van der Waals surface area contributed by atoms with Crippen LogP contribution in [0.2, 0.25) is 5.02 Å². The first-order valence-corrected chi connectivity index (χ1v) is 7.28. The minimum absolute atomic E-state index is 0.625. The number of benzene rings is 2. The third-order valence-corrected chi connectivity index (χ3v) is 4.22. The fourth-order valence-corrected chi connectivity index (χ4v) is 3.15. The maximum Gasteiger partial charge on any atom is 0.106 e. The van der Waals surface area contributed by atoms with Gasteiger partial charge in [-0.1, -0.05) is 45.2 Å². The van der Waals surface area contributed by atoms with E-state index < -0.39 is 6.10 Å². The second-order valence-corrected chi connectivity index (χ2v) is 6.17. The van der Waals surface area contributed by atoms with E-state index in [4.69, 9.17) is 11.6 Å². The Hall–Kier alpha value is -0.830. The van der Waals surface area contributed by atoms with Gasteiger partial charge in [0.25, 0.3) is 0 Å². The fraction of sp³-hybridized carbons (Fsp3) is 0.250. The lowest BCUT2D eigenvalue weighted by molar-refractivity contribution is 0.218. The SMILES string of the molecule is Cc1cc(C)c(C(O)c2cc(Cl)ccc2Br)c(C)c1. The quantitative estimate of drug-likeness (QED) is 0.806. The number of rotatable bonds is 2. The summed E-state index contributed by atoms with van der Waals surface area (Å²) < 4.78 is 0.865. The van der Waals surface area contributed by atoms with E-state index in [-0.39, 0.29) is 0 Å². The van der Waals surface area contributed by atoms with Crippen molar-refractivity contribution in [3.63, 3.8) is 0 Å². The van der Waals surface area contributed by atoms with Crippen LogP contribution in [0.1, 0.15) is 33.9 Å². The molecule has 2 rings (SSSR count). The number of halogens is 2. The molecule has 0 aliphatic rings. The molecule has 0 bridgehead atoms. The maximum absolute atomic E-state index is 10.7. The van der Waals surface area contributed by atoms with Crippen molar-refractivity contribution in [2.45, 2.75) is 26.9 Å². The van der Waals surface area contributed by atoms with Crippen LogP contribution in [-0.4, -0.2) is 5.11 Å². The van der Waals surface area contributed by atoms with Crippen LogP contribution < -0.4 is 0 Å². The molecule has 1 N–H and O–H groups in total. The standard InChI is InChI=1S/C16H16BrClO/c1-9-6-10(2)15(11(3)7-9)16(19)13-8-12(18)4-5-14(13)17/h4-8,16,19H,1-3H3. The van der Waals surface area contributed by atoms with Gasteiger partial charge in [0.05, 0.1) is 0 Å². The smallest absolute Gasteiger partial charge is 0.106 e. The van der Waals surface area contributed by atoms with Gasteiger partial charge in [-0.3, -0.25) is 0 Å². The van der Waals surface area contributed by atoms with E-state index >= 15 is 0 Å². The summed E-state index contributed by atoms with van der Waals surface area (Å²) >= 11 is 9.49. The summed E-state index contributed by atoms with van der Waals surface area (Å²) in [5.41, 5.74) is 5.14. The Morgan fingerprint density at radius 1 is 1.05 bits per heavy atom. The topological polar surface area (TPSA) is 20.2 Å². The molecule has 0 fully saturated rings. The van der Waals surface area contributed by atoms with Gasteiger partial charge in [-0.2, -0.15) is 0 Å². The predicted octanol–water partition coefficient (Wildman–Crippen LogP) is 5.11. The van der Waals surface area contributed by atoms with Crippen molar-refractivity contribution < 1.29 is 5.11 Å². The van der Waals surface area contributed by atoms with Gasteiger partial charge in [0.15, 0.2) is 0 Å². The van der Waals surface area contributed by atoms with Crippen molar-refractivity contribution in [2.75, 3.05) is 0 Å². The van der Waals surface area contributed by atoms with Crippen LogP contribution in [0.25, 0.3) is 0 Å². The lowest BCUT2D eigenvalue weighted by Crippen LogP contribution is -2.06. The second-order valence-electron chi connectivity index (χ2n) is 4.88. The Bertz CT molecular complexity index is 599. The summed E-state index contributed by atoms with van der Waals surface area (Å²) in [7, 11) is 0. The summed E-state index contributed by atoms with van der Waals surface area (Å²) in [4.78, 5) is 0. The molecule has 1 nitrogen and oxygen atoms in total. The van der Waals surface area contributed by atoms with Crippen LogP contribution in [0.5, 0.6) is 0 Å². The third-order valence-electron chi connectivity index (χ3n) is 3.26. The summed E-state index contributed by atoms with van der Waals surface area (Å²) in [6.45, 7) is 6.11. The van der Waals surface area contributed by atoms with Crippen LogP contribution in [0.4, 0.5) is 0 Å². The van der Waals surface area contributed by atoms with Crippen molar-refractivity contribution in [3.05, 3.63) is 67.6 Å². The van der Waals surface area contributed by atoms with Crippen molar-refractivity contribution >= 4 is 27.5 Å². The maximum atomic E-state index is 10.7. The molecule has 19 heavy (non-hydrogen) atoms. The third kappa shape index (κ3) is 3.02. The summed E-state index contributed by atoms with van der Waals surface area (Å²) in [5.74, 6) is 0. The van der Waals surface area contributed by atoms with Crippen LogP contribution in [-0.2, 0) is 0 Å². The average Bonchev–Trinajstić information content (AvgIpc) is 2.30. The van der Waals surface area contributed by atoms with Crippen LogP contribution >= 0.6 is 27.5 Å². The molecule has 0 saturated heterocycles. The zero-order valence-electron chi connectivity index (χ0n) is 11.2. The zero-order valence-corrected chi connectivity index (χ0v) is 13.5. The average molecular weight is 340 g/mol. The molecular weight excluding hydrogens is 324 g/mol. The van der Waals surface area contributed by atoms with Crippen LogP contribution in [0, 0.1) is 20.8 Å². The van der Waals surface area contributed by atoms with Crippen LogP contribution in [0.15, 0.2) is 34.8 Å². The van der Waals surface area contributed by atoms with Crippen molar-refractivity contribution in [1.29, 1.82) is 0 Å². The highest BCUT2D eigenvalue weighted by Crippen LogP contribution is 2.34. The highest BCUT2D eigenvalue weighted by atomic mass is 79.9. The van der Waals surface area contributed by atoms with Gasteiger partial charge >= 0.3 is 0 Å². The van der Waals surface area contributed by atoms with E-state index in [0.29, 0.717) is 5.02 Å². The minimum Gasteiger partial charge on any atom is -0.384 e. The molecule has 0 aliphatic heterocycles. The Morgan fingerprint density at radius 3 is 2.21 bits per heavy atom. The molecule has 0 radical (unpaired) electrons. The van der Waals surface area contributed by atoms with Gasteiger partial charge in [0, 0.05) is 15.1 Å². The Kier molecular flexibility index (Phi) is 4.34. The number of hydrogen-bond donors (Lipinski definition) is 1. The van der Waals surface area contributed by atoms with Gasteiger partial charge in [-0.05, 0) is 55.7 Å². The van der Waals surface area contributed by atoms with E-state index in [2.05, 4.69) is 35.0 Å². The molecule has 3 heteroatoms. The van der Waals surface area contributed by atoms with E-state index in [1.807, 2.05) is 19.9 Å². The lowest BCUT2D eigenvalue weighted by Gasteiger charge is -2.19. The lowest BCUT2D eigenvalue weighted by atomic mass is 9.92. The first kappa shape index (κ1) is 14.6. The summed E-state index contributed by atoms with van der Waals surface area (Å²) in [6.07, 6.45) is -0.673. The Morgan fingerprint density at radius 2 is 1.63 bits per heavy atom. The first-order chi connectivity index (χ1) is 8.90. The normalized spacial score (nSPS) is 12.5. The van der Waals surface area contributed by atoms with Crippen molar-refractivity contribution in [1.82, 2.24) is 0 Å². The molecule has 1 atom stereocenters. The summed E-state index contributed by atoms with van der Waals surface area (Å²) in [5, 5.41) is 11.3. The van der Waals surface area contributed by atoms with Gasteiger partial charge in [0.1, 0.15) is 6.10 Å². The highest BCUT2D eigenvalue weighted by molar-refractivity contribution is 9.10. The molecule has 0 aliphatic carbocycles. The molecule has 0 aromatic heterocycles. The minimum atomic E-state index is -0.673. The monoisotopic (exact) mass is 338 g/mol. The number of aliphatic hydroxyl groups excluding tert-OH is 1. The van der Waals surface area contributed by atoms with Crippen molar-refractivity contribution in [2.24, 2.45) is 0 Å². The predicted molar refractivity (Wildman–Crippen MR) is 83.9 cm³/mol. The van der Waals surface area contributed by atoms with Crippen LogP contribution in [0.3, 0.4) is 0 Å². The highest BCUT2D eigenvalue weighted by Gasteiger charge is 2.18. The number of hydrogen-bond acceptors (Lipinski definition) is 1. The zero-order chi connectivity index (χ0) is 14.2. The summed E-state index contributed by atoms with van der Waals surface area (Å²) in [6, 6.07) is 9.64. The molecule has 2 aromatic carbocycles. The largest absolute Gasteiger partial charge is 0.384 e. The molecular formula is C16H16BrClO. The molecule has 0 heterocycles. The second kappa shape index (κ2) is 5.66. The molecule has 0 spiro atoms. The number of aliphatic hydroxyl groups is 1. The van der Waals surface area contributed by atoms with E-state index in [0.717, 1.165) is 26.7 Å². The van der Waals surface area contributed by atoms with E-state index in [1.54, 1.807) is 12.1 Å². The Balaban J connectivity index is 2.56. The number of aryl methyl sites for hydroxylation is 3. The van der Waals surface area contributed by atoms with Gasteiger partial charge in [0.2, 0.25) is 0 Å². The van der Waals surface area contributed by atoms with Gasteiger partial charge < -0.3 is 5.11 Å². The van der Waals surface area contributed by atoms with Gasteiger partial charge in [-0.25, -0.2) is 0 Å². The Labute approximate surface area is 127 Å². The van der Waals surface area contributed by atoms with Gasteiger partial charge in [-0.15, -0.1) is 0 Å². The molecule has 100 valence electrons. The van der Waals surface area contributed by atoms with E-state index in [1.165, 1.54) is 5.56 Å². The van der Waals surface area contributed by atoms with Crippen molar-refractivity contribution in [3.8, 4) is 0 Å². The fourth-order valence-electron chi connectivity index (χ4n) is 2.50. The molecule has 0 amide bonds.